The van der Waals surface area contributed by atoms with Crippen molar-refractivity contribution in [3.05, 3.63) is 78.0 Å². The van der Waals surface area contributed by atoms with E-state index < -0.39 is 0 Å². The highest BCUT2D eigenvalue weighted by atomic mass is 19.1. The second kappa shape index (κ2) is 6.32. The van der Waals surface area contributed by atoms with Gasteiger partial charge < -0.3 is 5.32 Å². The molecule has 0 bridgehead atoms. The van der Waals surface area contributed by atoms with Gasteiger partial charge in [-0.15, -0.1) is 0 Å². The minimum atomic E-state index is -0.253. The lowest BCUT2D eigenvalue weighted by atomic mass is 10.00. The van der Waals surface area contributed by atoms with Crippen LogP contribution in [0.5, 0.6) is 0 Å². The molecule has 6 heteroatoms. The summed E-state index contributed by atoms with van der Waals surface area (Å²) < 4.78 is 13.2. The Morgan fingerprint density at radius 1 is 1.00 bits per heavy atom. The fourth-order valence-corrected chi connectivity index (χ4v) is 2.74. The number of benzene rings is 2. The maximum atomic E-state index is 13.2. The number of rotatable bonds is 4. The lowest BCUT2D eigenvalue weighted by molar-refractivity contribution is 0.626. The zero-order valence-corrected chi connectivity index (χ0v) is 13.6. The molecule has 2 aromatic heterocycles. The number of anilines is 2. The number of H-pyrrole nitrogens is 1. The number of nitrogens with one attached hydrogen (secondary N) is 2. The number of aromatic amines is 1. The van der Waals surface area contributed by atoms with Crippen LogP contribution in [0.4, 0.5) is 16.0 Å². The summed E-state index contributed by atoms with van der Waals surface area (Å²) in [6.07, 6.45) is 1.74. The summed E-state index contributed by atoms with van der Waals surface area (Å²) in [6.45, 7) is 2.01. The van der Waals surface area contributed by atoms with Gasteiger partial charge in [0.05, 0.1) is 5.52 Å². The predicted octanol–water partition coefficient (Wildman–Crippen LogP) is 4.39. The SMILES string of the molecule is CC(c1ccc(F)cc1)c1nc(Nc2cc[nH]n2)c2ccccc2n1. The maximum Gasteiger partial charge on any atom is 0.153 e. The summed E-state index contributed by atoms with van der Waals surface area (Å²) >= 11 is 0. The molecule has 5 nitrogen and oxygen atoms in total. The molecule has 0 saturated heterocycles. The molecule has 0 aliphatic rings. The van der Waals surface area contributed by atoms with E-state index >= 15 is 0 Å². The Labute approximate surface area is 144 Å². The Kier molecular flexibility index (Phi) is 3.85. The number of para-hydroxylation sites is 1. The first-order valence-corrected chi connectivity index (χ1v) is 7.99. The quantitative estimate of drug-likeness (QED) is 0.581. The van der Waals surface area contributed by atoms with Gasteiger partial charge in [0.1, 0.15) is 17.5 Å². The molecule has 124 valence electrons. The topological polar surface area (TPSA) is 66.5 Å². The van der Waals surface area contributed by atoms with Crippen molar-refractivity contribution < 1.29 is 4.39 Å². The molecule has 0 spiro atoms. The van der Waals surface area contributed by atoms with Crippen molar-refractivity contribution in [1.82, 2.24) is 20.2 Å². The van der Waals surface area contributed by atoms with Gasteiger partial charge in [-0.2, -0.15) is 5.10 Å². The van der Waals surface area contributed by atoms with E-state index in [-0.39, 0.29) is 11.7 Å². The third-order valence-electron chi connectivity index (χ3n) is 4.13. The third kappa shape index (κ3) is 3.06. The molecule has 0 aliphatic heterocycles. The summed E-state index contributed by atoms with van der Waals surface area (Å²) in [5.41, 5.74) is 1.81. The van der Waals surface area contributed by atoms with E-state index in [4.69, 9.17) is 9.97 Å². The Balaban J connectivity index is 1.80. The van der Waals surface area contributed by atoms with Crippen LogP contribution >= 0.6 is 0 Å². The van der Waals surface area contributed by atoms with Gasteiger partial charge >= 0.3 is 0 Å². The average molecular weight is 333 g/mol. The zero-order valence-electron chi connectivity index (χ0n) is 13.6. The van der Waals surface area contributed by atoms with Gasteiger partial charge in [0, 0.05) is 23.6 Å². The molecule has 0 amide bonds. The second-order valence-electron chi connectivity index (χ2n) is 5.81. The molecule has 4 aromatic rings. The van der Waals surface area contributed by atoms with E-state index in [1.807, 2.05) is 37.3 Å². The number of hydrogen-bond acceptors (Lipinski definition) is 4. The van der Waals surface area contributed by atoms with Gasteiger partial charge in [-0.1, -0.05) is 31.2 Å². The molecular formula is C19H16FN5. The summed E-state index contributed by atoms with van der Waals surface area (Å²) in [4.78, 5) is 9.40. The van der Waals surface area contributed by atoms with Crippen molar-refractivity contribution >= 4 is 22.5 Å². The van der Waals surface area contributed by atoms with Crippen molar-refractivity contribution in [2.24, 2.45) is 0 Å². The number of nitrogens with zero attached hydrogens (tertiary/aromatic N) is 3. The van der Waals surface area contributed by atoms with E-state index in [1.165, 1.54) is 12.1 Å². The van der Waals surface area contributed by atoms with Crippen LogP contribution in [-0.2, 0) is 0 Å². The molecular weight excluding hydrogens is 317 g/mol. The highest BCUT2D eigenvalue weighted by molar-refractivity contribution is 5.90. The van der Waals surface area contributed by atoms with E-state index in [2.05, 4.69) is 15.5 Å². The van der Waals surface area contributed by atoms with Gasteiger partial charge in [-0.3, -0.25) is 5.10 Å². The first-order valence-electron chi connectivity index (χ1n) is 7.99. The Morgan fingerprint density at radius 3 is 2.56 bits per heavy atom. The summed E-state index contributed by atoms with van der Waals surface area (Å²) in [5.74, 6) is 1.73. The Hall–Kier alpha value is -3.28. The molecule has 0 radical (unpaired) electrons. The van der Waals surface area contributed by atoms with Crippen LogP contribution in [0.1, 0.15) is 24.2 Å². The number of fused-ring (bicyclic) bond motifs is 1. The van der Waals surface area contributed by atoms with Crippen molar-refractivity contribution in [2.75, 3.05) is 5.32 Å². The molecule has 2 aromatic carbocycles. The summed E-state index contributed by atoms with van der Waals surface area (Å²) in [5, 5.41) is 11.0. The van der Waals surface area contributed by atoms with Crippen molar-refractivity contribution in [1.29, 1.82) is 0 Å². The van der Waals surface area contributed by atoms with Crippen LogP contribution in [0, 0.1) is 5.82 Å². The molecule has 1 unspecified atom stereocenters. The van der Waals surface area contributed by atoms with Gasteiger partial charge in [-0.25, -0.2) is 14.4 Å². The van der Waals surface area contributed by atoms with Gasteiger partial charge in [0.2, 0.25) is 0 Å². The van der Waals surface area contributed by atoms with Gasteiger partial charge in [0.25, 0.3) is 0 Å². The van der Waals surface area contributed by atoms with Crippen LogP contribution in [0.15, 0.2) is 60.8 Å². The predicted molar refractivity (Wildman–Crippen MR) is 95.3 cm³/mol. The highest BCUT2D eigenvalue weighted by Crippen LogP contribution is 2.28. The van der Waals surface area contributed by atoms with E-state index in [1.54, 1.807) is 18.3 Å². The minimum absolute atomic E-state index is 0.0649. The smallest absolute Gasteiger partial charge is 0.153 e. The molecule has 4 rings (SSSR count). The summed E-state index contributed by atoms with van der Waals surface area (Å²) in [6, 6.07) is 16.1. The largest absolute Gasteiger partial charge is 0.323 e. The van der Waals surface area contributed by atoms with Crippen LogP contribution in [-0.4, -0.2) is 20.2 Å². The maximum absolute atomic E-state index is 13.2. The van der Waals surface area contributed by atoms with Gasteiger partial charge in [-0.05, 0) is 29.8 Å². The second-order valence-corrected chi connectivity index (χ2v) is 5.81. The van der Waals surface area contributed by atoms with Crippen LogP contribution in [0.2, 0.25) is 0 Å². The molecule has 0 aliphatic carbocycles. The number of aromatic nitrogens is 4. The molecule has 0 saturated carbocycles. The molecule has 0 fully saturated rings. The normalized spacial score (nSPS) is 12.2. The fraction of sp³-hybridized carbons (Fsp3) is 0.105. The van der Waals surface area contributed by atoms with Gasteiger partial charge in [0.15, 0.2) is 5.82 Å². The van der Waals surface area contributed by atoms with Crippen molar-refractivity contribution in [3.63, 3.8) is 0 Å². The van der Waals surface area contributed by atoms with Crippen molar-refractivity contribution in [2.45, 2.75) is 12.8 Å². The lowest BCUT2D eigenvalue weighted by Gasteiger charge is -2.14. The molecule has 2 heterocycles. The minimum Gasteiger partial charge on any atom is -0.323 e. The molecule has 2 N–H and O–H groups in total. The third-order valence-corrected chi connectivity index (χ3v) is 4.13. The van der Waals surface area contributed by atoms with E-state index in [0.717, 1.165) is 16.5 Å². The first kappa shape index (κ1) is 15.3. The average Bonchev–Trinajstić information content (AvgIpc) is 3.15. The molecule has 1 atom stereocenters. The first-order chi connectivity index (χ1) is 12.2. The number of halogens is 1. The lowest BCUT2D eigenvalue weighted by Crippen LogP contribution is -2.06. The Morgan fingerprint density at radius 2 is 1.80 bits per heavy atom. The van der Waals surface area contributed by atoms with Crippen molar-refractivity contribution in [3.8, 4) is 0 Å². The van der Waals surface area contributed by atoms with E-state index in [9.17, 15) is 4.39 Å². The fourth-order valence-electron chi connectivity index (χ4n) is 2.74. The molecule has 25 heavy (non-hydrogen) atoms. The highest BCUT2D eigenvalue weighted by Gasteiger charge is 2.15. The van der Waals surface area contributed by atoms with E-state index in [0.29, 0.717) is 17.5 Å². The van der Waals surface area contributed by atoms with Crippen LogP contribution in [0.3, 0.4) is 0 Å². The zero-order chi connectivity index (χ0) is 17.2. The monoisotopic (exact) mass is 333 g/mol. The number of hydrogen-bond donors (Lipinski definition) is 2. The standard InChI is InChI=1S/C19H16FN5/c1-12(13-6-8-14(20)9-7-13)18-22-16-5-3-2-4-15(16)19(24-18)23-17-10-11-21-25-17/h2-12H,1H3,(H2,21,22,23,24,25). The van der Waals surface area contributed by atoms with Crippen LogP contribution < -0.4 is 5.32 Å². The van der Waals surface area contributed by atoms with Crippen LogP contribution in [0.25, 0.3) is 10.9 Å². The summed E-state index contributed by atoms with van der Waals surface area (Å²) in [7, 11) is 0. The Bertz CT molecular complexity index is 996.